The van der Waals surface area contributed by atoms with Crippen molar-refractivity contribution in [3.8, 4) is 11.5 Å². The third-order valence-corrected chi connectivity index (χ3v) is 4.36. The van der Waals surface area contributed by atoms with Crippen LogP contribution in [0.3, 0.4) is 0 Å². The summed E-state index contributed by atoms with van der Waals surface area (Å²) in [6.45, 7) is 4.46. The summed E-state index contributed by atoms with van der Waals surface area (Å²) < 4.78 is 10.8. The first-order valence-corrected chi connectivity index (χ1v) is 7.50. The first kappa shape index (κ1) is 19.4. The molecule has 6 heteroatoms. The molecule has 4 nitrogen and oxygen atoms in total. The molecule has 0 spiro atoms. The Kier molecular flexibility index (Phi) is 7.77. The van der Waals surface area contributed by atoms with Crippen LogP contribution in [0.1, 0.15) is 24.4 Å². The van der Waals surface area contributed by atoms with E-state index in [1.807, 2.05) is 6.07 Å². The topological polar surface area (TPSA) is 33.7 Å². The second-order valence-corrected chi connectivity index (χ2v) is 5.68. The lowest BCUT2D eigenvalue weighted by Crippen LogP contribution is -2.45. The highest BCUT2D eigenvalue weighted by Crippen LogP contribution is 2.46. The molecule has 1 saturated carbocycles. The van der Waals surface area contributed by atoms with Gasteiger partial charge in [-0.15, -0.1) is 24.8 Å². The molecule has 0 radical (unpaired) electrons. The van der Waals surface area contributed by atoms with Crippen LogP contribution in [0, 0.1) is 5.92 Å². The molecule has 0 aromatic heterocycles. The Bertz CT molecular complexity index is 463. The van der Waals surface area contributed by atoms with E-state index in [1.54, 1.807) is 14.2 Å². The van der Waals surface area contributed by atoms with Crippen LogP contribution in [0.2, 0.25) is 0 Å². The smallest absolute Gasteiger partial charge is 0.161 e. The quantitative estimate of drug-likeness (QED) is 0.886. The molecule has 126 valence electrons. The van der Waals surface area contributed by atoms with E-state index in [0.29, 0.717) is 6.04 Å². The molecule has 1 aromatic rings. The van der Waals surface area contributed by atoms with Gasteiger partial charge in [-0.2, -0.15) is 0 Å². The summed E-state index contributed by atoms with van der Waals surface area (Å²) >= 11 is 0. The van der Waals surface area contributed by atoms with E-state index in [1.165, 1.54) is 18.4 Å². The van der Waals surface area contributed by atoms with Gasteiger partial charge in [-0.3, -0.25) is 4.90 Å². The second kappa shape index (κ2) is 8.82. The van der Waals surface area contributed by atoms with E-state index in [-0.39, 0.29) is 24.8 Å². The number of methoxy groups -OCH3 is 2. The van der Waals surface area contributed by atoms with E-state index in [0.717, 1.165) is 43.6 Å². The molecule has 0 amide bonds. The van der Waals surface area contributed by atoms with Gasteiger partial charge >= 0.3 is 0 Å². The van der Waals surface area contributed by atoms with Gasteiger partial charge in [0.25, 0.3) is 0 Å². The van der Waals surface area contributed by atoms with Gasteiger partial charge in [0.2, 0.25) is 0 Å². The highest BCUT2D eigenvalue weighted by atomic mass is 35.5. The first-order valence-electron chi connectivity index (χ1n) is 7.50. The van der Waals surface area contributed by atoms with Crippen molar-refractivity contribution in [2.75, 3.05) is 40.4 Å². The van der Waals surface area contributed by atoms with Crippen molar-refractivity contribution in [2.45, 2.75) is 18.9 Å². The summed E-state index contributed by atoms with van der Waals surface area (Å²) in [6, 6.07) is 6.93. The van der Waals surface area contributed by atoms with Crippen LogP contribution in [0.25, 0.3) is 0 Å². The summed E-state index contributed by atoms with van der Waals surface area (Å²) in [4.78, 5) is 2.62. The Morgan fingerprint density at radius 1 is 1.05 bits per heavy atom. The monoisotopic (exact) mass is 348 g/mol. The number of rotatable bonds is 5. The Balaban J connectivity index is 0.00000121. The molecule has 2 aliphatic rings. The second-order valence-electron chi connectivity index (χ2n) is 5.68. The van der Waals surface area contributed by atoms with Crippen LogP contribution in [-0.2, 0) is 0 Å². The van der Waals surface area contributed by atoms with Gasteiger partial charge < -0.3 is 14.8 Å². The fourth-order valence-corrected chi connectivity index (χ4v) is 3.19. The summed E-state index contributed by atoms with van der Waals surface area (Å²) in [7, 11) is 3.39. The van der Waals surface area contributed by atoms with Crippen molar-refractivity contribution in [2.24, 2.45) is 5.92 Å². The highest BCUT2D eigenvalue weighted by molar-refractivity contribution is 5.85. The van der Waals surface area contributed by atoms with Crippen molar-refractivity contribution in [3.05, 3.63) is 23.8 Å². The Labute approximate surface area is 145 Å². The van der Waals surface area contributed by atoms with Gasteiger partial charge in [-0.1, -0.05) is 6.07 Å². The lowest BCUT2D eigenvalue weighted by molar-refractivity contribution is 0.156. The number of nitrogens with zero attached hydrogens (tertiary/aromatic N) is 1. The molecule has 3 rings (SSSR count). The maximum atomic E-state index is 5.46. The molecular weight excluding hydrogens is 323 g/mol. The van der Waals surface area contributed by atoms with Crippen molar-refractivity contribution in [1.82, 2.24) is 10.2 Å². The molecule has 1 N–H and O–H groups in total. The van der Waals surface area contributed by atoms with Crippen molar-refractivity contribution < 1.29 is 9.47 Å². The average Bonchev–Trinajstić information content (AvgIpc) is 3.33. The number of hydrogen-bond donors (Lipinski definition) is 1. The summed E-state index contributed by atoms with van der Waals surface area (Å²) in [5.41, 5.74) is 1.37. The van der Waals surface area contributed by atoms with Crippen LogP contribution in [0.15, 0.2) is 18.2 Å². The predicted octanol–water partition coefficient (Wildman–Crippen LogP) is 2.90. The number of halogens is 2. The normalized spacial score (nSPS) is 19.5. The number of hydrogen-bond acceptors (Lipinski definition) is 4. The van der Waals surface area contributed by atoms with Crippen LogP contribution in [0.5, 0.6) is 11.5 Å². The van der Waals surface area contributed by atoms with Gasteiger partial charge in [0, 0.05) is 32.2 Å². The van der Waals surface area contributed by atoms with E-state index in [2.05, 4.69) is 22.3 Å². The van der Waals surface area contributed by atoms with Gasteiger partial charge in [-0.25, -0.2) is 0 Å². The zero-order valence-corrected chi connectivity index (χ0v) is 14.8. The molecule has 1 aromatic carbocycles. The third kappa shape index (κ3) is 4.19. The maximum absolute atomic E-state index is 5.46. The van der Waals surface area contributed by atoms with E-state index in [4.69, 9.17) is 9.47 Å². The van der Waals surface area contributed by atoms with Gasteiger partial charge in [-0.05, 0) is 36.5 Å². The van der Waals surface area contributed by atoms with Crippen LogP contribution in [0.4, 0.5) is 0 Å². The Morgan fingerprint density at radius 2 is 1.68 bits per heavy atom. The SMILES string of the molecule is COc1ccc([C@@H](C2CC2)N2CCNCC2)cc1OC.Cl.Cl. The fourth-order valence-electron chi connectivity index (χ4n) is 3.19. The van der Waals surface area contributed by atoms with Gasteiger partial charge in [0.05, 0.1) is 14.2 Å². The maximum Gasteiger partial charge on any atom is 0.161 e. The molecule has 1 aliphatic carbocycles. The Hall–Kier alpha value is -0.680. The van der Waals surface area contributed by atoms with Crippen molar-refractivity contribution in [3.63, 3.8) is 0 Å². The van der Waals surface area contributed by atoms with Crippen LogP contribution < -0.4 is 14.8 Å². The first-order chi connectivity index (χ1) is 9.83. The zero-order valence-electron chi connectivity index (χ0n) is 13.2. The summed E-state index contributed by atoms with van der Waals surface area (Å²) in [5, 5.41) is 3.43. The molecular formula is C16H26Cl2N2O2. The van der Waals surface area contributed by atoms with E-state index in [9.17, 15) is 0 Å². The largest absolute Gasteiger partial charge is 0.493 e. The number of ether oxygens (including phenoxy) is 2. The highest BCUT2D eigenvalue weighted by Gasteiger charge is 2.37. The average molecular weight is 349 g/mol. The van der Waals surface area contributed by atoms with Gasteiger partial charge in [0.15, 0.2) is 11.5 Å². The van der Waals surface area contributed by atoms with Gasteiger partial charge in [0.1, 0.15) is 0 Å². The molecule has 1 heterocycles. The Morgan fingerprint density at radius 3 is 2.23 bits per heavy atom. The van der Waals surface area contributed by atoms with Crippen molar-refractivity contribution in [1.29, 1.82) is 0 Å². The molecule has 0 bridgehead atoms. The molecule has 0 unspecified atom stereocenters. The minimum atomic E-state index is 0. The molecule has 22 heavy (non-hydrogen) atoms. The minimum absolute atomic E-state index is 0. The standard InChI is InChI=1S/C16H24N2O2.2ClH/c1-19-14-6-5-13(11-15(14)20-2)16(12-3-4-12)18-9-7-17-8-10-18;;/h5-6,11-12,16-17H,3-4,7-10H2,1-2H3;2*1H/t16-;;/m1../s1. The predicted molar refractivity (Wildman–Crippen MR) is 93.9 cm³/mol. The summed E-state index contributed by atoms with van der Waals surface area (Å²) in [6.07, 6.45) is 2.70. The van der Waals surface area contributed by atoms with Crippen molar-refractivity contribution >= 4 is 24.8 Å². The number of nitrogens with one attached hydrogen (secondary N) is 1. The minimum Gasteiger partial charge on any atom is -0.493 e. The summed E-state index contributed by atoms with van der Waals surface area (Å²) in [5.74, 6) is 2.46. The van der Waals surface area contributed by atoms with Crippen LogP contribution in [-0.4, -0.2) is 45.3 Å². The molecule has 1 aliphatic heterocycles. The number of benzene rings is 1. The molecule has 1 atom stereocenters. The number of piperazine rings is 1. The molecule has 2 fully saturated rings. The van der Waals surface area contributed by atoms with E-state index >= 15 is 0 Å². The van der Waals surface area contributed by atoms with E-state index < -0.39 is 0 Å². The van der Waals surface area contributed by atoms with Crippen LogP contribution >= 0.6 is 24.8 Å². The lowest BCUT2D eigenvalue weighted by atomic mass is 9.99. The lowest BCUT2D eigenvalue weighted by Gasteiger charge is -2.35. The third-order valence-electron chi connectivity index (χ3n) is 4.36. The molecule has 1 saturated heterocycles. The zero-order chi connectivity index (χ0) is 13.9. The fraction of sp³-hybridized carbons (Fsp3) is 0.625.